The van der Waals surface area contributed by atoms with Gasteiger partial charge in [0.15, 0.2) is 0 Å². The molecule has 4 aliphatic carbocycles. The van der Waals surface area contributed by atoms with Crippen LogP contribution in [0.1, 0.15) is 85.0 Å². The van der Waals surface area contributed by atoms with Gasteiger partial charge in [-0.05, 0) is 104 Å². The fourth-order valence-electron chi connectivity index (χ4n) is 9.25. The summed E-state index contributed by atoms with van der Waals surface area (Å²) >= 11 is 0. The average Bonchev–Trinajstić information content (AvgIpc) is 3.20. The Kier molecular flexibility index (Phi) is 7.19. The second-order valence-corrected chi connectivity index (χ2v) is 14.8. The molecule has 5 rings (SSSR count). The molecule has 7 heteroatoms. The van der Waals surface area contributed by atoms with Crippen molar-refractivity contribution in [1.82, 2.24) is 4.72 Å². The molecule has 1 aromatic rings. The number of rotatable bonds is 7. The number of halogens is 1. The van der Waals surface area contributed by atoms with Gasteiger partial charge in [-0.1, -0.05) is 26.8 Å². The number of fused-ring (bicyclic) bond motifs is 5. The molecule has 37 heavy (non-hydrogen) atoms. The number of hydrogen-bond acceptors (Lipinski definition) is 4. The van der Waals surface area contributed by atoms with Gasteiger partial charge in [-0.25, -0.2) is 17.5 Å². The zero-order valence-electron chi connectivity index (χ0n) is 22.5. The lowest BCUT2D eigenvalue weighted by Gasteiger charge is -2.59. The zero-order chi connectivity index (χ0) is 26.6. The minimum atomic E-state index is -3.72. The van der Waals surface area contributed by atoms with Crippen molar-refractivity contribution in [3.05, 3.63) is 30.1 Å². The summed E-state index contributed by atoms with van der Waals surface area (Å²) in [5.74, 6) is 2.38. The summed E-state index contributed by atoms with van der Waals surface area (Å²) in [7, 11) is -3.72. The minimum Gasteiger partial charge on any atom is -0.300 e. The Morgan fingerprint density at radius 2 is 1.81 bits per heavy atom. The van der Waals surface area contributed by atoms with E-state index in [1.165, 1.54) is 18.2 Å². The van der Waals surface area contributed by atoms with Crippen molar-refractivity contribution in [3.8, 4) is 0 Å². The Balaban J connectivity index is 1.21. The highest BCUT2D eigenvalue weighted by atomic mass is 32.2. The molecule has 4 aliphatic rings. The van der Waals surface area contributed by atoms with Crippen molar-refractivity contribution in [2.24, 2.45) is 46.3 Å². The number of Topliss-reactive ketones (excluding diaryl/α,β-unsaturated/α-hetero) is 2. The summed E-state index contributed by atoms with van der Waals surface area (Å²) in [5.41, 5.74) is 0.265. The van der Waals surface area contributed by atoms with Gasteiger partial charge in [0.25, 0.3) is 0 Å². The van der Waals surface area contributed by atoms with Gasteiger partial charge in [0.2, 0.25) is 10.0 Å². The van der Waals surface area contributed by atoms with E-state index >= 15 is 0 Å². The molecule has 0 aromatic heterocycles. The number of benzene rings is 1. The van der Waals surface area contributed by atoms with Crippen LogP contribution in [0.4, 0.5) is 4.39 Å². The van der Waals surface area contributed by atoms with Crippen LogP contribution in [0.15, 0.2) is 29.2 Å². The SMILES string of the molecule is C[C@H](CCCNS(=O)(=O)c1cccc(F)c1)[C@H]1CC[C@H]2[C@@H]3C(=O)C[C@@H]4CC(=O)CC[C@]4(C)[C@H]3CC[C@]12C. The first kappa shape index (κ1) is 27.0. The van der Waals surface area contributed by atoms with Crippen LogP contribution in [0.25, 0.3) is 0 Å². The molecule has 0 aliphatic heterocycles. The van der Waals surface area contributed by atoms with E-state index in [1.54, 1.807) is 0 Å². The fourth-order valence-corrected chi connectivity index (χ4v) is 10.4. The van der Waals surface area contributed by atoms with E-state index in [2.05, 4.69) is 25.5 Å². The molecule has 1 N–H and O–H groups in total. The Bertz CT molecular complexity index is 1170. The van der Waals surface area contributed by atoms with Gasteiger partial charge in [-0.15, -0.1) is 0 Å². The highest BCUT2D eigenvalue weighted by Crippen LogP contribution is 2.67. The van der Waals surface area contributed by atoms with Crippen molar-refractivity contribution in [3.63, 3.8) is 0 Å². The molecule has 0 heterocycles. The third-order valence-electron chi connectivity index (χ3n) is 11.3. The average molecular weight is 532 g/mol. The molecule has 8 atom stereocenters. The maximum Gasteiger partial charge on any atom is 0.240 e. The molecule has 0 amide bonds. The molecular weight excluding hydrogens is 489 g/mol. The van der Waals surface area contributed by atoms with E-state index < -0.39 is 15.8 Å². The lowest BCUT2D eigenvalue weighted by Crippen LogP contribution is -2.57. The summed E-state index contributed by atoms with van der Waals surface area (Å²) in [6.07, 6.45) is 8.91. The van der Waals surface area contributed by atoms with E-state index in [1.807, 2.05) is 0 Å². The summed E-state index contributed by atoms with van der Waals surface area (Å²) in [6, 6.07) is 5.09. The van der Waals surface area contributed by atoms with E-state index in [-0.39, 0.29) is 27.6 Å². The highest BCUT2D eigenvalue weighted by molar-refractivity contribution is 7.89. The normalized spacial score (nSPS) is 38.5. The van der Waals surface area contributed by atoms with Crippen LogP contribution in [0.5, 0.6) is 0 Å². The Hall–Kier alpha value is -1.60. The maximum atomic E-state index is 13.5. The van der Waals surface area contributed by atoms with Crippen LogP contribution in [0, 0.1) is 52.2 Å². The van der Waals surface area contributed by atoms with Gasteiger partial charge in [-0.3, -0.25) is 9.59 Å². The summed E-state index contributed by atoms with van der Waals surface area (Å²) in [4.78, 5) is 25.7. The van der Waals surface area contributed by atoms with E-state index in [0.717, 1.165) is 51.0 Å². The number of carbonyl (C=O) groups is 2. The van der Waals surface area contributed by atoms with E-state index in [0.29, 0.717) is 61.0 Å². The summed E-state index contributed by atoms with van der Waals surface area (Å²) in [6.45, 7) is 7.41. The van der Waals surface area contributed by atoms with Gasteiger partial charge in [-0.2, -0.15) is 0 Å². The minimum absolute atomic E-state index is 0.0427. The van der Waals surface area contributed by atoms with Crippen LogP contribution in [-0.4, -0.2) is 26.5 Å². The maximum absolute atomic E-state index is 13.5. The predicted molar refractivity (Wildman–Crippen MR) is 141 cm³/mol. The lowest BCUT2D eigenvalue weighted by atomic mass is 9.44. The van der Waals surface area contributed by atoms with Gasteiger partial charge in [0.05, 0.1) is 4.90 Å². The lowest BCUT2D eigenvalue weighted by molar-refractivity contribution is -0.159. The standard InChI is InChI=1S/C30H42FNO4S/c1-19(6-5-15-32-37(35,36)23-8-4-7-21(31)18-23)24-9-10-25-28-26(12-14-30(24,25)3)29(2)13-11-22(33)16-20(29)17-27(28)34/h4,7-8,18-20,24-26,28,32H,5-6,9-17H2,1-3H3/t19-,20+,24-,25+,26+,28+,29+,30-/m1/s1. The predicted octanol–water partition coefficient (Wildman–Crippen LogP) is 5.93. The molecule has 0 bridgehead atoms. The molecule has 0 radical (unpaired) electrons. The molecule has 4 saturated carbocycles. The van der Waals surface area contributed by atoms with Crippen molar-refractivity contribution in [2.75, 3.05) is 6.54 Å². The number of ketones is 2. The van der Waals surface area contributed by atoms with Gasteiger partial charge < -0.3 is 0 Å². The fraction of sp³-hybridized carbons (Fsp3) is 0.733. The van der Waals surface area contributed by atoms with E-state index in [9.17, 15) is 22.4 Å². The van der Waals surface area contributed by atoms with Gasteiger partial charge >= 0.3 is 0 Å². The molecule has 0 unspecified atom stereocenters. The second kappa shape index (κ2) is 9.86. The molecule has 0 spiro atoms. The van der Waals surface area contributed by atoms with Crippen LogP contribution in [0.3, 0.4) is 0 Å². The van der Waals surface area contributed by atoms with Crippen molar-refractivity contribution in [1.29, 1.82) is 0 Å². The monoisotopic (exact) mass is 531 g/mol. The van der Waals surface area contributed by atoms with Crippen LogP contribution in [-0.2, 0) is 19.6 Å². The Morgan fingerprint density at radius 1 is 1.05 bits per heavy atom. The third-order valence-corrected chi connectivity index (χ3v) is 12.7. The first-order valence-corrected chi connectivity index (χ1v) is 15.7. The molecule has 204 valence electrons. The van der Waals surface area contributed by atoms with Crippen LogP contribution < -0.4 is 4.72 Å². The van der Waals surface area contributed by atoms with Crippen molar-refractivity contribution < 1.29 is 22.4 Å². The van der Waals surface area contributed by atoms with Gasteiger partial charge in [0.1, 0.15) is 17.4 Å². The Labute approximate surface area is 221 Å². The van der Waals surface area contributed by atoms with Crippen LogP contribution in [0.2, 0.25) is 0 Å². The Morgan fingerprint density at radius 3 is 2.57 bits per heavy atom. The quantitative estimate of drug-likeness (QED) is 0.443. The van der Waals surface area contributed by atoms with Crippen molar-refractivity contribution in [2.45, 2.75) is 89.9 Å². The van der Waals surface area contributed by atoms with Gasteiger partial charge in [0, 0.05) is 31.7 Å². The first-order valence-electron chi connectivity index (χ1n) is 14.3. The molecule has 1 aromatic carbocycles. The summed E-state index contributed by atoms with van der Waals surface area (Å²) < 4.78 is 41.1. The van der Waals surface area contributed by atoms with E-state index in [4.69, 9.17) is 0 Å². The number of hydrogen-bond donors (Lipinski definition) is 1. The third kappa shape index (κ3) is 4.73. The molecule has 4 fully saturated rings. The molecule has 0 saturated heterocycles. The molecular formula is C30H42FNO4S. The largest absolute Gasteiger partial charge is 0.300 e. The van der Waals surface area contributed by atoms with Crippen LogP contribution >= 0.6 is 0 Å². The summed E-state index contributed by atoms with van der Waals surface area (Å²) in [5, 5.41) is 0. The number of carbonyl (C=O) groups excluding carboxylic acids is 2. The smallest absolute Gasteiger partial charge is 0.240 e. The zero-order valence-corrected chi connectivity index (χ0v) is 23.3. The highest BCUT2D eigenvalue weighted by Gasteiger charge is 2.63. The molecule has 5 nitrogen and oxygen atoms in total. The first-order chi connectivity index (χ1) is 17.5. The second-order valence-electron chi connectivity index (χ2n) is 13.1. The number of sulfonamides is 1. The topological polar surface area (TPSA) is 80.3 Å². The van der Waals surface area contributed by atoms with Crippen molar-refractivity contribution >= 4 is 21.6 Å². The number of nitrogens with one attached hydrogen (secondary N) is 1.